The third kappa shape index (κ3) is 1.57. The van der Waals surface area contributed by atoms with Gasteiger partial charge in [0.1, 0.15) is 0 Å². The third-order valence-corrected chi connectivity index (χ3v) is 5.63. The number of nitrogens with zero attached hydrogens (tertiary/aromatic N) is 1. The van der Waals surface area contributed by atoms with Gasteiger partial charge in [0, 0.05) is 34.5 Å². The van der Waals surface area contributed by atoms with Crippen molar-refractivity contribution in [3.8, 4) is 11.4 Å². The Kier molecular flexibility index (Phi) is 2.39. The van der Waals surface area contributed by atoms with E-state index in [-0.39, 0.29) is 11.3 Å². The molecule has 2 aromatic heterocycles. The molecule has 1 aromatic carbocycles. The van der Waals surface area contributed by atoms with Gasteiger partial charge in [-0.05, 0) is 43.0 Å². The van der Waals surface area contributed by atoms with E-state index in [1.165, 1.54) is 35.8 Å². The van der Waals surface area contributed by atoms with E-state index in [1.54, 1.807) is 7.05 Å². The summed E-state index contributed by atoms with van der Waals surface area (Å²) in [6, 6.07) is 5.93. The Morgan fingerprint density at radius 1 is 1.30 bits per heavy atom. The minimum Gasteiger partial charge on any atom is -0.355 e. The normalized spacial score (nSPS) is 17.6. The van der Waals surface area contributed by atoms with Gasteiger partial charge in [-0.25, -0.2) is 0 Å². The molecular formula is C18H18N4O. The summed E-state index contributed by atoms with van der Waals surface area (Å²) in [7, 11) is 1.67. The number of amides is 1. The molecule has 2 heterocycles. The van der Waals surface area contributed by atoms with Gasteiger partial charge in [0.15, 0.2) is 0 Å². The van der Waals surface area contributed by atoms with Crippen LogP contribution < -0.4 is 5.32 Å². The number of hydrogen-bond donors (Lipinski definition) is 3. The van der Waals surface area contributed by atoms with E-state index in [0.717, 1.165) is 23.3 Å². The highest BCUT2D eigenvalue weighted by Gasteiger charge is 2.46. The lowest BCUT2D eigenvalue weighted by molar-refractivity contribution is 0.0963. The molecule has 0 aliphatic heterocycles. The van der Waals surface area contributed by atoms with Crippen LogP contribution in [0.4, 0.5) is 0 Å². The molecule has 1 spiro atoms. The molecule has 2 aliphatic carbocycles. The summed E-state index contributed by atoms with van der Waals surface area (Å²) >= 11 is 0. The summed E-state index contributed by atoms with van der Waals surface area (Å²) in [6.07, 6.45) is 6.70. The highest BCUT2D eigenvalue weighted by Crippen LogP contribution is 2.55. The van der Waals surface area contributed by atoms with Crippen LogP contribution in [-0.2, 0) is 11.8 Å². The average molecular weight is 306 g/mol. The molecule has 2 aliphatic rings. The molecular weight excluding hydrogens is 288 g/mol. The topological polar surface area (TPSA) is 73.6 Å². The van der Waals surface area contributed by atoms with Gasteiger partial charge in [-0.1, -0.05) is 6.42 Å². The van der Waals surface area contributed by atoms with Gasteiger partial charge in [0.2, 0.25) is 0 Å². The highest BCUT2D eigenvalue weighted by molar-refractivity contribution is 6.01. The summed E-state index contributed by atoms with van der Waals surface area (Å²) < 4.78 is 0. The molecule has 5 rings (SSSR count). The molecule has 5 nitrogen and oxygen atoms in total. The first-order chi connectivity index (χ1) is 11.2. The fourth-order valence-electron chi connectivity index (χ4n) is 4.36. The Bertz CT molecular complexity index is 945. The first-order valence-electron chi connectivity index (χ1n) is 8.13. The first-order valence-corrected chi connectivity index (χ1v) is 8.13. The Labute approximate surface area is 133 Å². The van der Waals surface area contributed by atoms with Crippen molar-refractivity contribution < 1.29 is 4.79 Å². The number of carbonyl (C=O) groups is 1. The molecule has 3 aromatic rings. The molecule has 0 atom stereocenters. The second kappa shape index (κ2) is 4.25. The van der Waals surface area contributed by atoms with E-state index in [9.17, 15) is 4.79 Å². The molecule has 1 fully saturated rings. The molecule has 0 unspecified atom stereocenters. The van der Waals surface area contributed by atoms with E-state index < -0.39 is 0 Å². The lowest BCUT2D eigenvalue weighted by Crippen LogP contribution is -2.38. The number of benzene rings is 1. The maximum absolute atomic E-state index is 12.0. The van der Waals surface area contributed by atoms with Crippen molar-refractivity contribution in [3.05, 3.63) is 41.1 Å². The number of H-pyrrole nitrogens is 2. The van der Waals surface area contributed by atoms with Crippen molar-refractivity contribution in [2.45, 2.75) is 31.1 Å². The quantitative estimate of drug-likeness (QED) is 0.647. The summed E-state index contributed by atoms with van der Waals surface area (Å²) in [4.78, 5) is 15.6. The molecule has 0 saturated heterocycles. The van der Waals surface area contributed by atoms with Crippen LogP contribution in [0.15, 0.2) is 24.4 Å². The molecule has 0 radical (unpaired) electrons. The number of aromatic amines is 2. The van der Waals surface area contributed by atoms with Crippen LogP contribution in [0.5, 0.6) is 0 Å². The summed E-state index contributed by atoms with van der Waals surface area (Å²) in [6.45, 7) is 0. The molecule has 5 heteroatoms. The smallest absolute Gasteiger partial charge is 0.251 e. The van der Waals surface area contributed by atoms with Crippen molar-refractivity contribution in [2.75, 3.05) is 7.05 Å². The number of carbonyl (C=O) groups excluding carboxylic acids is 1. The van der Waals surface area contributed by atoms with Gasteiger partial charge in [-0.2, -0.15) is 5.10 Å². The van der Waals surface area contributed by atoms with Gasteiger partial charge in [-0.15, -0.1) is 0 Å². The zero-order chi connectivity index (χ0) is 15.6. The maximum atomic E-state index is 12.0. The summed E-state index contributed by atoms with van der Waals surface area (Å²) in [5.41, 5.74) is 6.97. The Morgan fingerprint density at radius 3 is 2.91 bits per heavy atom. The van der Waals surface area contributed by atoms with E-state index in [1.807, 2.05) is 24.4 Å². The fraction of sp³-hybridized carbons (Fsp3) is 0.333. The second-order valence-electron chi connectivity index (χ2n) is 6.80. The Balaban J connectivity index is 1.82. The van der Waals surface area contributed by atoms with E-state index in [4.69, 9.17) is 0 Å². The second-order valence-corrected chi connectivity index (χ2v) is 6.80. The van der Waals surface area contributed by atoms with Gasteiger partial charge >= 0.3 is 0 Å². The monoisotopic (exact) mass is 306 g/mol. The molecule has 23 heavy (non-hydrogen) atoms. The summed E-state index contributed by atoms with van der Waals surface area (Å²) in [5, 5.41) is 11.3. The van der Waals surface area contributed by atoms with Crippen molar-refractivity contribution in [1.29, 1.82) is 0 Å². The van der Waals surface area contributed by atoms with Gasteiger partial charge in [0.05, 0.1) is 17.6 Å². The molecule has 1 saturated carbocycles. The fourth-order valence-corrected chi connectivity index (χ4v) is 4.36. The number of fused-ring (bicyclic) bond motifs is 6. The van der Waals surface area contributed by atoms with Gasteiger partial charge < -0.3 is 10.3 Å². The van der Waals surface area contributed by atoms with Gasteiger partial charge in [-0.3, -0.25) is 9.89 Å². The van der Waals surface area contributed by atoms with Crippen LogP contribution in [-0.4, -0.2) is 28.1 Å². The van der Waals surface area contributed by atoms with Crippen LogP contribution in [0.25, 0.3) is 22.3 Å². The largest absolute Gasteiger partial charge is 0.355 e. The number of aromatic nitrogens is 3. The molecule has 1 amide bonds. The molecule has 116 valence electrons. The van der Waals surface area contributed by atoms with Crippen LogP contribution in [0.2, 0.25) is 0 Å². The zero-order valence-corrected chi connectivity index (χ0v) is 13.0. The summed E-state index contributed by atoms with van der Waals surface area (Å²) in [5.74, 6) is -0.0393. The zero-order valence-electron chi connectivity index (χ0n) is 13.0. The van der Waals surface area contributed by atoms with Crippen molar-refractivity contribution in [1.82, 2.24) is 20.5 Å². The number of nitrogens with one attached hydrogen (secondary N) is 3. The first kappa shape index (κ1) is 12.9. The van der Waals surface area contributed by atoms with Crippen molar-refractivity contribution in [3.63, 3.8) is 0 Å². The van der Waals surface area contributed by atoms with E-state index >= 15 is 0 Å². The predicted molar refractivity (Wildman–Crippen MR) is 88.5 cm³/mol. The third-order valence-electron chi connectivity index (χ3n) is 5.63. The standard InChI is InChI=1S/C18H18N4O/c1-19-17(23)10-3-4-13-12(7-10)14-16(21-13)15-11(9-20-22-15)8-18(14)5-2-6-18/h3-4,7,9,21H,2,5-6,8H2,1H3,(H,19,23)(H,20,22). The van der Waals surface area contributed by atoms with Crippen LogP contribution in [0.1, 0.15) is 40.7 Å². The van der Waals surface area contributed by atoms with E-state index in [0.29, 0.717) is 5.56 Å². The van der Waals surface area contributed by atoms with E-state index in [2.05, 4.69) is 20.5 Å². The number of hydrogen-bond acceptors (Lipinski definition) is 2. The number of rotatable bonds is 1. The molecule has 0 bridgehead atoms. The highest BCUT2D eigenvalue weighted by atomic mass is 16.1. The Morgan fingerprint density at radius 2 is 2.17 bits per heavy atom. The van der Waals surface area contributed by atoms with Crippen LogP contribution >= 0.6 is 0 Å². The average Bonchev–Trinajstić information content (AvgIpc) is 3.14. The minimum absolute atomic E-state index is 0.0393. The van der Waals surface area contributed by atoms with Crippen molar-refractivity contribution in [2.24, 2.45) is 0 Å². The Hall–Kier alpha value is -2.56. The predicted octanol–water partition coefficient (Wildman–Crippen LogP) is 2.90. The lowest BCUT2D eigenvalue weighted by atomic mass is 9.58. The SMILES string of the molecule is CNC(=O)c1ccc2[nH]c3c(c2c1)C1(CCC1)Cc1cn[nH]c1-3. The maximum Gasteiger partial charge on any atom is 0.251 e. The van der Waals surface area contributed by atoms with Crippen LogP contribution in [0.3, 0.4) is 0 Å². The van der Waals surface area contributed by atoms with Crippen LogP contribution in [0, 0.1) is 0 Å². The molecule has 3 N–H and O–H groups in total. The van der Waals surface area contributed by atoms with Crippen molar-refractivity contribution >= 4 is 16.8 Å². The lowest BCUT2D eigenvalue weighted by Gasteiger charge is -2.45. The van der Waals surface area contributed by atoms with Gasteiger partial charge in [0.25, 0.3) is 5.91 Å². The minimum atomic E-state index is -0.0393.